The predicted molar refractivity (Wildman–Crippen MR) is 72.6 cm³/mol. The zero-order valence-electron chi connectivity index (χ0n) is 11.7. The molecular formula is C13H27N3O2. The maximum atomic E-state index is 11.4. The van der Waals surface area contributed by atoms with Gasteiger partial charge in [-0.25, -0.2) is 0 Å². The fourth-order valence-electron chi connectivity index (χ4n) is 1.97. The van der Waals surface area contributed by atoms with Gasteiger partial charge in [0, 0.05) is 39.4 Å². The predicted octanol–water partition coefficient (Wildman–Crippen LogP) is 0.213. The highest BCUT2D eigenvalue weighted by Crippen LogP contribution is 2.25. The van der Waals surface area contributed by atoms with Gasteiger partial charge in [-0.1, -0.05) is 6.92 Å². The van der Waals surface area contributed by atoms with E-state index >= 15 is 0 Å². The van der Waals surface area contributed by atoms with Crippen molar-refractivity contribution < 1.29 is 9.53 Å². The molecule has 1 saturated carbocycles. The van der Waals surface area contributed by atoms with E-state index in [1.165, 1.54) is 12.8 Å². The first kappa shape index (κ1) is 15.4. The second-order valence-electron chi connectivity index (χ2n) is 4.73. The van der Waals surface area contributed by atoms with Crippen LogP contribution in [-0.4, -0.2) is 63.3 Å². The zero-order chi connectivity index (χ0) is 13.2. The summed E-state index contributed by atoms with van der Waals surface area (Å²) in [6.07, 6.45) is 3.55. The number of hydrogen-bond acceptors (Lipinski definition) is 4. The summed E-state index contributed by atoms with van der Waals surface area (Å²) in [7, 11) is 1.67. The summed E-state index contributed by atoms with van der Waals surface area (Å²) in [5.41, 5.74) is 0. The fourth-order valence-corrected chi connectivity index (χ4v) is 1.97. The van der Waals surface area contributed by atoms with E-state index in [0.29, 0.717) is 19.7 Å². The molecule has 1 fully saturated rings. The first-order valence-corrected chi connectivity index (χ1v) is 6.98. The third-order valence-corrected chi connectivity index (χ3v) is 3.18. The first-order valence-electron chi connectivity index (χ1n) is 6.98. The molecule has 5 heteroatoms. The normalized spacial score (nSPS) is 15.1. The number of nitrogens with zero attached hydrogens (tertiary/aromatic N) is 1. The minimum Gasteiger partial charge on any atom is -0.385 e. The lowest BCUT2D eigenvalue weighted by Crippen LogP contribution is -2.39. The lowest BCUT2D eigenvalue weighted by Gasteiger charge is -2.19. The largest absolute Gasteiger partial charge is 0.385 e. The number of carbonyl (C=O) groups is 1. The molecule has 18 heavy (non-hydrogen) atoms. The van der Waals surface area contributed by atoms with E-state index in [2.05, 4.69) is 22.5 Å². The van der Waals surface area contributed by atoms with Crippen molar-refractivity contribution in [3.63, 3.8) is 0 Å². The number of hydrogen-bond donors (Lipinski definition) is 2. The first-order chi connectivity index (χ1) is 8.77. The van der Waals surface area contributed by atoms with Crippen LogP contribution in [0.2, 0.25) is 0 Å². The molecule has 0 aromatic heterocycles. The summed E-state index contributed by atoms with van der Waals surface area (Å²) in [4.78, 5) is 13.9. The van der Waals surface area contributed by atoms with Gasteiger partial charge in [-0.3, -0.25) is 9.69 Å². The van der Waals surface area contributed by atoms with Crippen LogP contribution >= 0.6 is 0 Å². The van der Waals surface area contributed by atoms with Crippen LogP contribution in [-0.2, 0) is 9.53 Å². The van der Waals surface area contributed by atoms with E-state index in [4.69, 9.17) is 4.74 Å². The molecule has 0 aromatic carbocycles. The Kier molecular flexibility index (Phi) is 7.96. The molecule has 106 valence electrons. The van der Waals surface area contributed by atoms with Crippen LogP contribution in [0.1, 0.15) is 26.2 Å². The summed E-state index contributed by atoms with van der Waals surface area (Å²) >= 11 is 0. The van der Waals surface area contributed by atoms with Crippen molar-refractivity contribution >= 4 is 5.91 Å². The minimum atomic E-state index is 0.0700. The van der Waals surface area contributed by atoms with Crippen LogP contribution in [0, 0.1) is 0 Å². The highest BCUT2D eigenvalue weighted by Gasteiger charge is 2.26. The summed E-state index contributed by atoms with van der Waals surface area (Å²) < 4.78 is 4.92. The number of carbonyl (C=O) groups excluding carboxylic acids is 1. The zero-order valence-corrected chi connectivity index (χ0v) is 11.7. The highest BCUT2D eigenvalue weighted by molar-refractivity contribution is 5.77. The molecule has 1 aliphatic carbocycles. The van der Waals surface area contributed by atoms with Crippen LogP contribution in [0.25, 0.3) is 0 Å². The van der Waals surface area contributed by atoms with Gasteiger partial charge in [-0.15, -0.1) is 0 Å². The third-order valence-electron chi connectivity index (χ3n) is 3.18. The number of nitrogens with one attached hydrogen (secondary N) is 2. The Morgan fingerprint density at radius 1 is 1.39 bits per heavy atom. The SMILES string of the molecule is CCN(CCNCC(=O)NCCCOC)C1CC1. The van der Waals surface area contributed by atoms with E-state index in [0.717, 1.165) is 32.1 Å². The van der Waals surface area contributed by atoms with Crippen molar-refractivity contribution in [1.82, 2.24) is 15.5 Å². The second-order valence-corrected chi connectivity index (χ2v) is 4.73. The Bertz CT molecular complexity index is 232. The van der Waals surface area contributed by atoms with Gasteiger partial charge in [-0.2, -0.15) is 0 Å². The number of rotatable bonds is 11. The van der Waals surface area contributed by atoms with E-state index < -0.39 is 0 Å². The lowest BCUT2D eigenvalue weighted by atomic mass is 10.4. The Balaban J connectivity index is 1.91. The van der Waals surface area contributed by atoms with Crippen LogP contribution in [0.3, 0.4) is 0 Å². The number of ether oxygens (including phenoxy) is 1. The molecule has 0 aromatic rings. The molecule has 5 nitrogen and oxygen atoms in total. The van der Waals surface area contributed by atoms with Crippen molar-refractivity contribution in [2.45, 2.75) is 32.2 Å². The van der Waals surface area contributed by atoms with Crippen LogP contribution in [0.15, 0.2) is 0 Å². The molecule has 0 radical (unpaired) electrons. The molecule has 0 atom stereocenters. The summed E-state index contributed by atoms with van der Waals surface area (Å²) in [6.45, 7) is 7.03. The average molecular weight is 257 g/mol. The van der Waals surface area contributed by atoms with Crippen molar-refractivity contribution in [2.75, 3.05) is 46.4 Å². The van der Waals surface area contributed by atoms with Crippen LogP contribution in [0.4, 0.5) is 0 Å². The van der Waals surface area contributed by atoms with Gasteiger partial charge in [0.05, 0.1) is 6.54 Å². The molecule has 1 amide bonds. The Morgan fingerprint density at radius 2 is 2.17 bits per heavy atom. The molecule has 1 aliphatic rings. The maximum absolute atomic E-state index is 11.4. The van der Waals surface area contributed by atoms with Gasteiger partial charge in [-0.05, 0) is 25.8 Å². The molecule has 0 spiro atoms. The van der Waals surface area contributed by atoms with E-state index in [9.17, 15) is 4.79 Å². The molecule has 0 bridgehead atoms. The van der Waals surface area contributed by atoms with Gasteiger partial charge in [0.1, 0.15) is 0 Å². The van der Waals surface area contributed by atoms with E-state index in [1.54, 1.807) is 7.11 Å². The van der Waals surface area contributed by atoms with Crippen molar-refractivity contribution in [2.24, 2.45) is 0 Å². The number of amides is 1. The quantitative estimate of drug-likeness (QED) is 0.520. The lowest BCUT2D eigenvalue weighted by molar-refractivity contribution is -0.120. The van der Waals surface area contributed by atoms with Gasteiger partial charge in [0.2, 0.25) is 5.91 Å². The monoisotopic (exact) mass is 257 g/mol. The maximum Gasteiger partial charge on any atom is 0.233 e. The van der Waals surface area contributed by atoms with Crippen LogP contribution < -0.4 is 10.6 Å². The Hall–Kier alpha value is -0.650. The van der Waals surface area contributed by atoms with Gasteiger partial charge < -0.3 is 15.4 Å². The molecule has 0 saturated heterocycles. The summed E-state index contributed by atoms with van der Waals surface area (Å²) in [5, 5.41) is 6.05. The van der Waals surface area contributed by atoms with E-state index in [-0.39, 0.29) is 5.91 Å². The molecule has 0 aliphatic heterocycles. The van der Waals surface area contributed by atoms with Crippen molar-refractivity contribution in [1.29, 1.82) is 0 Å². The Labute approximate surface area is 110 Å². The van der Waals surface area contributed by atoms with Gasteiger partial charge in [0.15, 0.2) is 0 Å². The van der Waals surface area contributed by atoms with Gasteiger partial charge in [0.25, 0.3) is 0 Å². The number of likely N-dealkylation sites (N-methyl/N-ethyl adjacent to an activating group) is 1. The van der Waals surface area contributed by atoms with Crippen molar-refractivity contribution in [3.8, 4) is 0 Å². The highest BCUT2D eigenvalue weighted by atomic mass is 16.5. The second kappa shape index (κ2) is 9.30. The average Bonchev–Trinajstić information content (AvgIpc) is 3.19. The molecule has 0 unspecified atom stereocenters. The smallest absolute Gasteiger partial charge is 0.233 e. The molecular weight excluding hydrogens is 230 g/mol. The summed E-state index contributed by atoms with van der Waals surface area (Å²) in [5.74, 6) is 0.0700. The number of methoxy groups -OCH3 is 1. The fraction of sp³-hybridized carbons (Fsp3) is 0.923. The molecule has 0 heterocycles. The van der Waals surface area contributed by atoms with Crippen LogP contribution in [0.5, 0.6) is 0 Å². The van der Waals surface area contributed by atoms with E-state index in [1.807, 2.05) is 0 Å². The topological polar surface area (TPSA) is 53.6 Å². The molecule has 2 N–H and O–H groups in total. The Morgan fingerprint density at radius 3 is 2.78 bits per heavy atom. The summed E-state index contributed by atoms with van der Waals surface area (Å²) in [6, 6.07) is 0.805. The van der Waals surface area contributed by atoms with Crippen molar-refractivity contribution in [3.05, 3.63) is 0 Å². The third kappa shape index (κ3) is 6.93. The standard InChI is InChI=1S/C13H27N3O2/c1-3-16(12-5-6-12)9-8-14-11-13(17)15-7-4-10-18-2/h12,14H,3-11H2,1-2H3,(H,15,17). The molecule has 1 rings (SSSR count). The van der Waals surface area contributed by atoms with Gasteiger partial charge >= 0.3 is 0 Å². The minimum absolute atomic E-state index is 0.0700.